The Morgan fingerprint density at radius 3 is 2.29 bits per heavy atom. The molecule has 2 amide bonds. The molecule has 2 aromatic carbocycles. The Morgan fingerprint density at radius 2 is 1.71 bits per heavy atom. The van der Waals surface area contributed by atoms with Crippen LogP contribution in [0.25, 0.3) is 11.1 Å². The summed E-state index contributed by atoms with van der Waals surface area (Å²) >= 11 is 0. The predicted octanol–water partition coefficient (Wildman–Crippen LogP) is 3.05. The number of nitrogens with zero attached hydrogens (tertiary/aromatic N) is 2. The summed E-state index contributed by atoms with van der Waals surface area (Å²) in [6, 6.07) is 15.3. The van der Waals surface area contributed by atoms with E-state index in [1.807, 2.05) is 36.4 Å². The van der Waals surface area contributed by atoms with Gasteiger partial charge < -0.3 is 20.5 Å². The Labute approximate surface area is 196 Å². The van der Waals surface area contributed by atoms with Gasteiger partial charge in [0.2, 0.25) is 5.91 Å². The van der Waals surface area contributed by atoms with Crippen LogP contribution in [-0.4, -0.2) is 45.5 Å². The first kappa shape index (κ1) is 23.0. The van der Waals surface area contributed by atoms with Gasteiger partial charge in [-0.05, 0) is 28.7 Å². The minimum atomic E-state index is -1.13. The molecule has 0 radical (unpaired) electrons. The van der Waals surface area contributed by atoms with Crippen LogP contribution in [0.15, 0.2) is 54.7 Å². The third-order valence-corrected chi connectivity index (χ3v) is 6.03. The number of amides is 2. The first-order valence-corrected chi connectivity index (χ1v) is 11.0. The Bertz CT molecular complexity index is 1190. The van der Waals surface area contributed by atoms with Crippen LogP contribution in [0.2, 0.25) is 0 Å². The van der Waals surface area contributed by atoms with Crippen molar-refractivity contribution in [2.24, 2.45) is 7.05 Å². The van der Waals surface area contributed by atoms with Gasteiger partial charge in [-0.25, -0.2) is 9.59 Å². The Kier molecular flexibility index (Phi) is 6.62. The van der Waals surface area contributed by atoms with Gasteiger partial charge in [-0.2, -0.15) is 5.10 Å². The van der Waals surface area contributed by atoms with Crippen molar-refractivity contribution in [1.29, 1.82) is 0 Å². The number of rotatable bonds is 8. The average molecular weight is 463 g/mol. The summed E-state index contributed by atoms with van der Waals surface area (Å²) in [5, 5.41) is 18.5. The molecular weight excluding hydrogens is 436 g/mol. The summed E-state index contributed by atoms with van der Waals surface area (Å²) in [5.41, 5.74) is 4.85. The van der Waals surface area contributed by atoms with Gasteiger partial charge in [-0.3, -0.25) is 9.48 Å². The summed E-state index contributed by atoms with van der Waals surface area (Å²) in [5.74, 6) is -1.64. The number of aromatic nitrogens is 2. The molecule has 3 aromatic rings. The number of carboxylic acid groups (broad SMARTS) is 1. The minimum absolute atomic E-state index is 0.00200. The quantitative estimate of drug-likeness (QED) is 0.473. The summed E-state index contributed by atoms with van der Waals surface area (Å²) in [6.07, 6.45) is 1.05. The van der Waals surface area contributed by atoms with Crippen LogP contribution in [0.1, 0.15) is 46.4 Å². The minimum Gasteiger partial charge on any atom is -0.477 e. The third-order valence-electron chi connectivity index (χ3n) is 6.03. The summed E-state index contributed by atoms with van der Waals surface area (Å²) in [4.78, 5) is 36.5. The molecule has 34 heavy (non-hydrogen) atoms. The number of hydrogen-bond donors (Lipinski definition) is 3. The number of hydrogen-bond acceptors (Lipinski definition) is 5. The van der Waals surface area contributed by atoms with Gasteiger partial charge in [0, 0.05) is 25.1 Å². The monoisotopic (exact) mass is 462 g/mol. The lowest BCUT2D eigenvalue weighted by atomic mass is 9.98. The highest BCUT2D eigenvalue weighted by molar-refractivity contribution is 5.88. The van der Waals surface area contributed by atoms with E-state index in [1.165, 1.54) is 17.9 Å². The van der Waals surface area contributed by atoms with Crippen molar-refractivity contribution in [2.45, 2.75) is 31.8 Å². The lowest BCUT2D eigenvalue weighted by Gasteiger charge is -2.18. The molecule has 0 bridgehead atoms. The molecular formula is C25H26N4O5. The van der Waals surface area contributed by atoms with Crippen molar-refractivity contribution in [1.82, 2.24) is 20.4 Å². The van der Waals surface area contributed by atoms with E-state index in [9.17, 15) is 19.5 Å². The van der Waals surface area contributed by atoms with Crippen molar-refractivity contribution >= 4 is 18.0 Å². The van der Waals surface area contributed by atoms with E-state index in [-0.39, 0.29) is 24.8 Å². The van der Waals surface area contributed by atoms with Crippen molar-refractivity contribution < 1.29 is 24.2 Å². The number of nitrogens with one attached hydrogen (secondary N) is 2. The summed E-state index contributed by atoms with van der Waals surface area (Å²) < 4.78 is 6.75. The van der Waals surface area contributed by atoms with Gasteiger partial charge in [0.15, 0.2) is 5.69 Å². The molecule has 1 aliphatic carbocycles. The highest BCUT2D eigenvalue weighted by Gasteiger charge is 2.29. The smallest absolute Gasteiger partial charge is 0.407 e. The van der Waals surface area contributed by atoms with Crippen LogP contribution < -0.4 is 10.6 Å². The number of carbonyl (C=O) groups excluding carboxylic acids is 2. The molecule has 1 heterocycles. The van der Waals surface area contributed by atoms with Crippen LogP contribution in [0.4, 0.5) is 4.79 Å². The zero-order chi connectivity index (χ0) is 24.2. The van der Waals surface area contributed by atoms with E-state index in [4.69, 9.17) is 4.74 Å². The number of ether oxygens (including phenoxy) is 1. The van der Waals surface area contributed by atoms with Gasteiger partial charge in [0.1, 0.15) is 12.6 Å². The molecule has 3 N–H and O–H groups in total. The highest BCUT2D eigenvalue weighted by Crippen LogP contribution is 2.44. The maximum Gasteiger partial charge on any atom is 0.407 e. The van der Waals surface area contributed by atoms with Crippen molar-refractivity contribution in [2.75, 3.05) is 6.61 Å². The second-order valence-corrected chi connectivity index (χ2v) is 8.10. The second kappa shape index (κ2) is 9.78. The maximum absolute atomic E-state index is 12.6. The summed E-state index contributed by atoms with van der Waals surface area (Å²) in [7, 11) is 1.52. The standard InChI is InChI=1S/C25H26N4O5/c1-3-21(23(30)26-12-15-13-27-29(2)22(15)24(31)32)28-25(33)34-14-20-18-10-6-4-8-16(18)17-9-5-7-11-19(17)20/h4-11,13,20-21H,3,12,14H2,1-2H3,(H,26,30)(H,28,33)(H,31,32)/t21-/m0/s1. The fourth-order valence-electron chi connectivity index (χ4n) is 4.33. The molecule has 1 aromatic heterocycles. The number of aromatic carboxylic acids is 1. The van der Waals surface area contributed by atoms with Crippen molar-refractivity contribution in [3.8, 4) is 11.1 Å². The molecule has 0 spiro atoms. The van der Waals surface area contributed by atoms with Crippen LogP contribution in [-0.2, 0) is 23.1 Å². The zero-order valence-corrected chi connectivity index (χ0v) is 18.9. The molecule has 0 saturated carbocycles. The Hall–Kier alpha value is -4.14. The van der Waals surface area contributed by atoms with Crippen molar-refractivity contribution in [3.63, 3.8) is 0 Å². The fraction of sp³-hybridized carbons (Fsp3) is 0.280. The first-order valence-electron chi connectivity index (χ1n) is 11.0. The van der Waals surface area contributed by atoms with Gasteiger partial charge in [-0.15, -0.1) is 0 Å². The van der Waals surface area contributed by atoms with Crippen LogP contribution in [0.3, 0.4) is 0 Å². The SMILES string of the molecule is CC[C@H](NC(=O)OCC1c2ccccc2-c2ccccc21)C(=O)NCc1cnn(C)c1C(=O)O. The highest BCUT2D eigenvalue weighted by atomic mass is 16.5. The van der Waals surface area contributed by atoms with Gasteiger partial charge >= 0.3 is 12.1 Å². The average Bonchev–Trinajstić information content (AvgIpc) is 3.37. The lowest BCUT2D eigenvalue weighted by molar-refractivity contribution is -0.123. The Morgan fingerprint density at radius 1 is 1.09 bits per heavy atom. The Balaban J connectivity index is 1.35. The summed E-state index contributed by atoms with van der Waals surface area (Å²) in [6.45, 7) is 1.90. The number of aryl methyl sites for hydroxylation is 1. The largest absolute Gasteiger partial charge is 0.477 e. The van der Waals surface area contributed by atoms with E-state index in [0.717, 1.165) is 22.3 Å². The molecule has 0 saturated heterocycles. The fourth-order valence-corrected chi connectivity index (χ4v) is 4.33. The molecule has 9 nitrogen and oxygen atoms in total. The van der Waals surface area contributed by atoms with Gasteiger partial charge in [0.05, 0.1) is 6.20 Å². The number of alkyl carbamates (subject to hydrolysis) is 1. The lowest BCUT2D eigenvalue weighted by Crippen LogP contribution is -2.46. The van der Waals surface area contributed by atoms with Gasteiger partial charge in [-0.1, -0.05) is 55.5 Å². The van der Waals surface area contributed by atoms with E-state index < -0.39 is 24.0 Å². The first-order chi connectivity index (χ1) is 16.4. The molecule has 0 fully saturated rings. The normalized spacial score (nSPS) is 13.0. The number of carbonyl (C=O) groups is 3. The van der Waals surface area contributed by atoms with Crippen molar-refractivity contribution in [3.05, 3.63) is 77.1 Å². The third kappa shape index (κ3) is 4.50. The van der Waals surface area contributed by atoms with Crippen LogP contribution >= 0.6 is 0 Å². The second-order valence-electron chi connectivity index (χ2n) is 8.10. The number of carboxylic acids is 1. The molecule has 0 aliphatic heterocycles. The molecule has 9 heteroatoms. The van der Waals surface area contributed by atoms with Gasteiger partial charge in [0.25, 0.3) is 0 Å². The molecule has 4 rings (SSSR count). The predicted molar refractivity (Wildman–Crippen MR) is 124 cm³/mol. The molecule has 1 atom stereocenters. The number of benzene rings is 2. The van der Waals surface area contributed by atoms with Crippen LogP contribution in [0, 0.1) is 0 Å². The molecule has 1 aliphatic rings. The molecule has 176 valence electrons. The molecule has 0 unspecified atom stereocenters. The zero-order valence-electron chi connectivity index (χ0n) is 18.9. The maximum atomic E-state index is 12.6. The topological polar surface area (TPSA) is 123 Å². The number of fused-ring (bicyclic) bond motifs is 3. The van der Waals surface area contributed by atoms with Crippen LogP contribution in [0.5, 0.6) is 0 Å². The van der Waals surface area contributed by atoms with E-state index in [1.54, 1.807) is 6.92 Å². The van der Waals surface area contributed by atoms with E-state index >= 15 is 0 Å². The van der Waals surface area contributed by atoms with E-state index in [0.29, 0.717) is 12.0 Å². The van der Waals surface area contributed by atoms with E-state index in [2.05, 4.69) is 27.9 Å².